The monoisotopic (exact) mass is 246 g/mol. The number of hydrogen-bond donors (Lipinski definition) is 0. The summed E-state index contributed by atoms with van der Waals surface area (Å²) in [5, 5.41) is 0. The van der Waals surface area contributed by atoms with Crippen LogP contribution >= 0.6 is 0 Å². The van der Waals surface area contributed by atoms with Gasteiger partial charge in [0.15, 0.2) is 0 Å². The van der Waals surface area contributed by atoms with Crippen molar-refractivity contribution in [2.24, 2.45) is 11.3 Å². The van der Waals surface area contributed by atoms with Gasteiger partial charge in [0, 0.05) is 0 Å². The molecular weight excluding hydrogens is 204 g/mol. The van der Waals surface area contributed by atoms with Crippen molar-refractivity contribution in [2.45, 2.75) is 102 Å². The van der Waals surface area contributed by atoms with Gasteiger partial charge >= 0.3 is 0 Å². The molecule has 0 radical (unpaired) electrons. The molecule has 110 valence electrons. The lowest BCUT2D eigenvalue weighted by Gasteiger charge is -2.23. The topological polar surface area (TPSA) is 0 Å². The third-order valence-corrected chi connectivity index (χ3v) is 3.43. The number of hydrogen-bond acceptors (Lipinski definition) is 0. The first-order valence-corrected chi connectivity index (χ1v) is 7.45. The summed E-state index contributed by atoms with van der Waals surface area (Å²) in [4.78, 5) is 0. The van der Waals surface area contributed by atoms with Gasteiger partial charge in [-0.05, 0) is 11.3 Å². The van der Waals surface area contributed by atoms with Crippen LogP contribution in [-0.2, 0) is 0 Å². The molecule has 0 N–H and O–H groups in total. The second-order valence-electron chi connectivity index (χ2n) is 5.05. The SMILES string of the molecule is C.CC.CCC(C)(CC)CC.CCCC(C)C. The Balaban J connectivity index is -0.0000000844. The molecule has 0 rings (SSSR count). The van der Waals surface area contributed by atoms with E-state index < -0.39 is 0 Å². The van der Waals surface area contributed by atoms with Gasteiger partial charge in [0.05, 0.1) is 0 Å². The van der Waals surface area contributed by atoms with E-state index in [-0.39, 0.29) is 7.43 Å². The molecule has 0 atom stereocenters. The Bertz CT molecular complexity index is 90.3. The summed E-state index contributed by atoms with van der Waals surface area (Å²) in [5.74, 6) is 0.898. The molecular formula is C17H42. The van der Waals surface area contributed by atoms with E-state index in [1.54, 1.807) is 0 Å². The van der Waals surface area contributed by atoms with Gasteiger partial charge < -0.3 is 0 Å². The Labute approximate surface area is 114 Å². The molecule has 0 saturated heterocycles. The third-order valence-electron chi connectivity index (χ3n) is 3.43. The molecule has 0 heterocycles. The van der Waals surface area contributed by atoms with Crippen molar-refractivity contribution in [1.82, 2.24) is 0 Å². The second-order valence-corrected chi connectivity index (χ2v) is 5.05. The van der Waals surface area contributed by atoms with Gasteiger partial charge in [-0.15, -0.1) is 0 Å². The largest absolute Gasteiger partial charge is 0.0776 e. The molecule has 0 spiro atoms. The van der Waals surface area contributed by atoms with Crippen molar-refractivity contribution >= 4 is 0 Å². The first kappa shape index (κ1) is 25.8. The smallest absolute Gasteiger partial charge is 0.0334 e. The molecule has 0 aliphatic carbocycles. The highest BCUT2D eigenvalue weighted by Crippen LogP contribution is 2.28. The van der Waals surface area contributed by atoms with E-state index in [2.05, 4.69) is 48.5 Å². The van der Waals surface area contributed by atoms with E-state index in [0.29, 0.717) is 5.41 Å². The summed E-state index contributed by atoms with van der Waals surface area (Å²) < 4.78 is 0. The van der Waals surface area contributed by atoms with E-state index in [4.69, 9.17) is 0 Å². The molecule has 0 bridgehead atoms. The normalized spacial score (nSPS) is 9.53. The van der Waals surface area contributed by atoms with Crippen molar-refractivity contribution in [3.63, 3.8) is 0 Å². The third kappa shape index (κ3) is 21.8. The standard InChI is InChI=1S/C8H18.C6H14.C2H6.CH4/c1-5-8(4,6-2)7-3;1-4-5-6(2)3;1-2;/h5-7H2,1-4H3;6H,4-5H2,1-3H3;1-2H3;1H4. The summed E-state index contributed by atoms with van der Waals surface area (Å²) in [5.41, 5.74) is 0.625. The minimum Gasteiger partial charge on any atom is -0.0776 e. The highest BCUT2D eigenvalue weighted by Gasteiger charge is 2.15. The Morgan fingerprint density at radius 1 is 0.824 bits per heavy atom. The lowest BCUT2D eigenvalue weighted by Crippen LogP contribution is -2.10. The molecule has 0 fully saturated rings. The van der Waals surface area contributed by atoms with Crippen LogP contribution in [-0.4, -0.2) is 0 Å². The van der Waals surface area contributed by atoms with Crippen LogP contribution in [0.4, 0.5) is 0 Å². The Morgan fingerprint density at radius 3 is 1.12 bits per heavy atom. The zero-order valence-electron chi connectivity index (χ0n) is 13.6. The first-order chi connectivity index (χ1) is 7.45. The lowest BCUT2D eigenvalue weighted by molar-refractivity contribution is 0.286. The lowest BCUT2D eigenvalue weighted by atomic mass is 9.82. The van der Waals surface area contributed by atoms with Gasteiger partial charge in [0.25, 0.3) is 0 Å². The zero-order valence-corrected chi connectivity index (χ0v) is 13.6. The fourth-order valence-corrected chi connectivity index (χ4v) is 1.33. The Morgan fingerprint density at radius 2 is 1.12 bits per heavy atom. The molecule has 0 nitrogen and oxygen atoms in total. The Kier molecular flexibility index (Phi) is 27.8. The van der Waals surface area contributed by atoms with Gasteiger partial charge in [-0.25, -0.2) is 0 Å². The molecule has 0 aliphatic heterocycles. The summed E-state index contributed by atoms with van der Waals surface area (Å²) in [6.45, 7) is 19.9. The Hall–Kier alpha value is 0. The molecule has 0 saturated carbocycles. The van der Waals surface area contributed by atoms with Crippen LogP contribution in [0.15, 0.2) is 0 Å². The molecule has 0 aliphatic rings. The zero-order chi connectivity index (χ0) is 13.6. The van der Waals surface area contributed by atoms with Crippen LogP contribution in [0.3, 0.4) is 0 Å². The maximum atomic E-state index is 2.35. The van der Waals surface area contributed by atoms with Gasteiger partial charge in [-0.3, -0.25) is 0 Å². The fourth-order valence-electron chi connectivity index (χ4n) is 1.33. The summed E-state index contributed by atoms with van der Waals surface area (Å²) in [6.07, 6.45) is 6.66. The maximum absolute atomic E-state index is 2.35. The van der Waals surface area contributed by atoms with Crippen LogP contribution in [0.5, 0.6) is 0 Å². The van der Waals surface area contributed by atoms with Crippen LogP contribution in [0, 0.1) is 11.3 Å². The molecule has 17 heavy (non-hydrogen) atoms. The average Bonchev–Trinajstić information content (AvgIpc) is 2.31. The summed E-state index contributed by atoms with van der Waals surface area (Å²) in [6, 6.07) is 0. The quantitative estimate of drug-likeness (QED) is 0.476. The van der Waals surface area contributed by atoms with Crippen LogP contribution in [0.25, 0.3) is 0 Å². The molecule has 0 heteroatoms. The minimum atomic E-state index is 0. The van der Waals surface area contributed by atoms with E-state index in [1.807, 2.05) is 13.8 Å². The van der Waals surface area contributed by atoms with Gasteiger partial charge in [-0.1, -0.05) is 102 Å². The van der Waals surface area contributed by atoms with E-state index in [9.17, 15) is 0 Å². The predicted molar refractivity (Wildman–Crippen MR) is 86.8 cm³/mol. The summed E-state index contributed by atoms with van der Waals surface area (Å²) >= 11 is 0. The maximum Gasteiger partial charge on any atom is -0.0334 e. The highest BCUT2D eigenvalue weighted by atomic mass is 14.2. The molecule has 0 aromatic carbocycles. The van der Waals surface area contributed by atoms with Gasteiger partial charge in [0.2, 0.25) is 0 Å². The first-order valence-electron chi connectivity index (χ1n) is 7.45. The van der Waals surface area contributed by atoms with Crippen LogP contribution in [0.1, 0.15) is 102 Å². The van der Waals surface area contributed by atoms with Crippen LogP contribution < -0.4 is 0 Å². The molecule has 0 aromatic heterocycles. The number of rotatable bonds is 5. The predicted octanol–water partition coefficient (Wildman–Crippen LogP) is 7.33. The second kappa shape index (κ2) is 18.4. The minimum absolute atomic E-state index is 0. The molecule has 0 amide bonds. The summed E-state index contributed by atoms with van der Waals surface area (Å²) in [7, 11) is 0. The van der Waals surface area contributed by atoms with Crippen molar-refractivity contribution in [2.75, 3.05) is 0 Å². The van der Waals surface area contributed by atoms with Gasteiger partial charge in [-0.2, -0.15) is 0 Å². The van der Waals surface area contributed by atoms with Crippen molar-refractivity contribution in [3.05, 3.63) is 0 Å². The van der Waals surface area contributed by atoms with E-state index >= 15 is 0 Å². The average molecular weight is 247 g/mol. The van der Waals surface area contributed by atoms with Crippen LogP contribution in [0.2, 0.25) is 0 Å². The van der Waals surface area contributed by atoms with Crippen molar-refractivity contribution < 1.29 is 0 Å². The molecule has 0 aromatic rings. The van der Waals surface area contributed by atoms with E-state index in [1.165, 1.54) is 32.1 Å². The molecule has 0 unspecified atom stereocenters. The fraction of sp³-hybridized carbons (Fsp3) is 1.00. The van der Waals surface area contributed by atoms with Crippen molar-refractivity contribution in [3.8, 4) is 0 Å². The van der Waals surface area contributed by atoms with E-state index in [0.717, 1.165) is 5.92 Å². The van der Waals surface area contributed by atoms with Gasteiger partial charge in [0.1, 0.15) is 0 Å². The van der Waals surface area contributed by atoms with Crippen molar-refractivity contribution in [1.29, 1.82) is 0 Å². The highest BCUT2D eigenvalue weighted by molar-refractivity contribution is 4.67.